The Morgan fingerprint density at radius 3 is 2.91 bits per heavy atom. The number of thiophene rings is 1. The molecule has 0 saturated carbocycles. The average Bonchev–Trinajstić information content (AvgIpc) is 2.91. The Morgan fingerprint density at radius 1 is 1.36 bits per heavy atom. The minimum atomic E-state index is -3.62. The van der Waals surface area contributed by atoms with Gasteiger partial charge in [0.15, 0.2) is 0 Å². The fourth-order valence-electron chi connectivity index (χ4n) is 2.62. The minimum Gasteiger partial charge on any atom is -0.294 e. The van der Waals surface area contributed by atoms with E-state index >= 15 is 0 Å². The van der Waals surface area contributed by atoms with Crippen molar-refractivity contribution in [1.82, 2.24) is 4.90 Å². The van der Waals surface area contributed by atoms with E-state index in [2.05, 4.69) is 11.0 Å². The number of benzene rings is 1. The van der Waals surface area contributed by atoms with Crippen LogP contribution in [-0.4, -0.2) is 19.9 Å². The largest absolute Gasteiger partial charge is 0.294 e. The third-order valence-electron chi connectivity index (χ3n) is 3.68. The predicted octanol–water partition coefficient (Wildman–Crippen LogP) is 1.83. The number of hydrogen-bond acceptors (Lipinski definition) is 5. The summed E-state index contributed by atoms with van der Waals surface area (Å²) in [5.74, 6) is 0. The van der Waals surface area contributed by atoms with Gasteiger partial charge in [-0.05, 0) is 35.7 Å². The summed E-state index contributed by atoms with van der Waals surface area (Å²) in [6.07, 6.45) is 0.819. The van der Waals surface area contributed by atoms with Crippen LogP contribution in [-0.2, 0) is 29.5 Å². The van der Waals surface area contributed by atoms with E-state index in [1.807, 2.05) is 18.2 Å². The lowest BCUT2D eigenvalue weighted by Gasteiger charge is -2.26. The van der Waals surface area contributed by atoms with E-state index in [-0.39, 0.29) is 4.21 Å². The third-order valence-corrected chi connectivity index (χ3v) is 6.26. The molecule has 0 aliphatic carbocycles. The first-order chi connectivity index (χ1) is 10.5. The molecule has 0 fully saturated rings. The molecular weight excluding hydrogens is 318 g/mol. The second kappa shape index (κ2) is 5.82. The molecule has 0 unspecified atom stereocenters. The van der Waals surface area contributed by atoms with Crippen LogP contribution in [0, 0.1) is 11.3 Å². The van der Waals surface area contributed by atoms with E-state index in [1.54, 1.807) is 12.1 Å². The van der Waals surface area contributed by atoms with Gasteiger partial charge in [-0.1, -0.05) is 12.1 Å². The molecule has 0 atom stereocenters. The highest BCUT2D eigenvalue weighted by Gasteiger charge is 2.22. The highest BCUT2D eigenvalue weighted by Crippen LogP contribution is 2.30. The fraction of sp³-hybridized carbons (Fsp3) is 0.267. The molecule has 3 rings (SSSR count). The van der Waals surface area contributed by atoms with Crippen LogP contribution in [0.5, 0.6) is 0 Å². The first-order valence-electron chi connectivity index (χ1n) is 6.81. The molecule has 1 aromatic heterocycles. The topological polar surface area (TPSA) is 87.2 Å². The zero-order chi connectivity index (χ0) is 15.7. The maximum Gasteiger partial charge on any atom is 0.247 e. The van der Waals surface area contributed by atoms with Gasteiger partial charge >= 0.3 is 0 Å². The summed E-state index contributed by atoms with van der Waals surface area (Å²) >= 11 is 1.26. The lowest BCUT2D eigenvalue weighted by molar-refractivity contribution is 0.249. The molecule has 7 heteroatoms. The number of sulfonamides is 1. The SMILES string of the molecule is N#Cc1cccc(CN2CCc3cc(S(N)(=O)=O)sc3C2)c1. The molecule has 0 bridgehead atoms. The van der Waals surface area contributed by atoms with Crippen LogP contribution < -0.4 is 5.14 Å². The first-order valence-corrected chi connectivity index (χ1v) is 9.18. The second-order valence-corrected chi connectivity index (χ2v) is 8.26. The van der Waals surface area contributed by atoms with E-state index in [0.717, 1.165) is 35.5 Å². The Morgan fingerprint density at radius 2 is 2.18 bits per heavy atom. The Kier molecular flexibility index (Phi) is 4.02. The van der Waals surface area contributed by atoms with Crippen LogP contribution in [0.15, 0.2) is 34.5 Å². The van der Waals surface area contributed by atoms with Crippen molar-refractivity contribution in [3.8, 4) is 6.07 Å². The van der Waals surface area contributed by atoms with E-state index in [4.69, 9.17) is 10.4 Å². The molecule has 1 aliphatic rings. The molecule has 1 aromatic carbocycles. The maximum absolute atomic E-state index is 11.4. The number of nitrogens with two attached hydrogens (primary N) is 1. The summed E-state index contributed by atoms with van der Waals surface area (Å²) in [5.41, 5.74) is 2.82. The van der Waals surface area contributed by atoms with Crippen molar-refractivity contribution in [2.45, 2.75) is 23.7 Å². The van der Waals surface area contributed by atoms with Gasteiger partial charge in [0.25, 0.3) is 0 Å². The van der Waals surface area contributed by atoms with Gasteiger partial charge in [0.1, 0.15) is 4.21 Å². The first kappa shape index (κ1) is 15.2. The summed E-state index contributed by atoms with van der Waals surface area (Å²) in [6.45, 7) is 2.33. The Balaban J connectivity index is 1.77. The summed E-state index contributed by atoms with van der Waals surface area (Å²) in [5, 5.41) is 14.1. The van der Waals surface area contributed by atoms with E-state index in [0.29, 0.717) is 12.1 Å². The molecular formula is C15H15N3O2S2. The van der Waals surface area contributed by atoms with Gasteiger partial charge in [0.2, 0.25) is 10.0 Å². The van der Waals surface area contributed by atoms with Gasteiger partial charge < -0.3 is 0 Å². The number of rotatable bonds is 3. The molecule has 0 saturated heterocycles. The molecule has 0 amide bonds. The Bertz CT molecular complexity index is 850. The number of nitriles is 1. The van der Waals surface area contributed by atoms with Gasteiger partial charge in [0, 0.05) is 24.5 Å². The smallest absolute Gasteiger partial charge is 0.247 e. The molecule has 2 aromatic rings. The van der Waals surface area contributed by atoms with Crippen molar-refractivity contribution in [1.29, 1.82) is 5.26 Å². The number of fused-ring (bicyclic) bond motifs is 1. The number of nitrogens with zero attached hydrogens (tertiary/aromatic N) is 2. The van der Waals surface area contributed by atoms with Crippen LogP contribution in [0.4, 0.5) is 0 Å². The normalized spacial score (nSPS) is 15.3. The van der Waals surface area contributed by atoms with E-state index < -0.39 is 10.0 Å². The van der Waals surface area contributed by atoms with Crippen LogP contribution in [0.3, 0.4) is 0 Å². The zero-order valence-corrected chi connectivity index (χ0v) is 13.5. The Labute approximate surface area is 133 Å². The lowest BCUT2D eigenvalue weighted by atomic mass is 10.1. The monoisotopic (exact) mass is 333 g/mol. The van der Waals surface area contributed by atoms with E-state index in [1.165, 1.54) is 11.3 Å². The fourth-order valence-corrected chi connectivity index (χ4v) is 4.67. The molecule has 2 N–H and O–H groups in total. The summed E-state index contributed by atoms with van der Waals surface area (Å²) in [4.78, 5) is 3.31. The molecule has 22 heavy (non-hydrogen) atoms. The Hall–Kier alpha value is -1.72. The van der Waals surface area contributed by atoms with Crippen molar-refractivity contribution in [2.75, 3.05) is 6.54 Å². The van der Waals surface area contributed by atoms with Gasteiger partial charge in [-0.3, -0.25) is 4.90 Å². The highest BCUT2D eigenvalue weighted by atomic mass is 32.2. The van der Waals surface area contributed by atoms with Gasteiger partial charge in [-0.2, -0.15) is 5.26 Å². The van der Waals surface area contributed by atoms with Crippen molar-refractivity contribution in [3.63, 3.8) is 0 Å². The maximum atomic E-state index is 11.4. The number of hydrogen-bond donors (Lipinski definition) is 1. The molecule has 0 spiro atoms. The minimum absolute atomic E-state index is 0.242. The molecule has 2 heterocycles. The standard InChI is InChI=1S/C15H15N3O2S2/c16-8-11-2-1-3-12(6-11)9-18-5-4-13-7-15(22(17,19)20)21-14(13)10-18/h1-3,6-7H,4-5,9-10H2,(H2,17,19,20). The summed E-state index contributed by atoms with van der Waals surface area (Å²) in [6, 6.07) is 11.4. The van der Waals surface area contributed by atoms with Crippen LogP contribution in [0.1, 0.15) is 21.6 Å². The van der Waals surface area contributed by atoms with Crippen molar-refractivity contribution < 1.29 is 8.42 Å². The third kappa shape index (κ3) is 3.20. The number of primary sulfonamides is 1. The second-order valence-electron chi connectivity index (χ2n) is 5.33. The van der Waals surface area contributed by atoms with Crippen LogP contribution in [0.2, 0.25) is 0 Å². The van der Waals surface area contributed by atoms with E-state index in [9.17, 15) is 8.42 Å². The lowest BCUT2D eigenvalue weighted by Crippen LogP contribution is -2.29. The van der Waals surface area contributed by atoms with Crippen molar-refractivity contribution in [3.05, 3.63) is 51.9 Å². The van der Waals surface area contributed by atoms with Gasteiger partial charge in [-0.25, -0.2) is 13.6 Å². The van der Waals surface area contributed by atoms with Crippen LogP contribution in [0.25, 0.3) is 0 Å². The summed E-state index contributed by atoms with van der Waals surface area (Å²) in [7, 11) is -3.62. The predicted molar refractivity (Wildman–Crippen MR) is 84.7 cm³/mol. The van der Waals surface area contributed by atoms with Gasteiger partial charge in [0.05, 0.1) is 11.6 Å². The van der Waals surface area contributed by atoms with Crippen molar-refractivity contribution in [2.24, 2.45) is 5.14 Å². The summed E-state index contributed by atoms with van der Waals surface area (Å²) < 4.78 is 23.1. The molecule has 1 aliphatic heterocycles. The molecule has 5 nitrogen and oxygen atoms in total. The molecule has 0 radical (unpaired) electrons. The van der Waals surface area contributed by atoms with Gasteiger partial charge in [-0.15, -0.1) is 11.3 Å². The quantitative estimate of drug-likeness (QED) is 0.928. The zero-order valence-electron chi connectivity index (χ0n) is 11.8. The average molecular weight is 333 g/mol. The highest BCUT2D eigenvalue weighted by molar-refractivity contribution is 7.91. The van der Waals surface area contributed by atoms with Crippen molar-refractivity contribution >= 4 is 21.4 Å². The molecule has 114 valence electrons. The van der Waals surface area contributed by atoms with Crippen LogP contribution >= 0.6 is 11.3 Å².